The lowest BCUT2D eigenvalue weighted by molar-refractivity contribution is -0.140. The molecule has 2 rings (SSSR count). The van der Waals surface area contributed by atoms with Gasteiger partial charge in [-0.15, -0.1) is 0 Å². The van der Waals surface area contributed by atoms with Gasteiger partial charge in [0.1, 0.15) is 0 Å². The summed E-state index contributed by atoms with van der Waals surface area (Å²) in [5.74, 6) is -0.546. The molecule has 6 heteroatoms. The summed E-state index contributed by atoms with van der Waals surface area (Å²) in [4.78, 5) is 22.8. The maximum absolute atomic E-state index is 11.5. The van der Waals surface area contributed by atoms with Gasteiger partial charge in [0.05, 0.1) is 19.8 Å². The third kappa shape index (κ3) is 4.05. The molecule has 0 bridgehead atoms. The number of methoxy groups -OCH3 is 2. The third-order valence-corrected chi connectivity index (χ3v) is 3.88. The Hall–Kier alpha value is -1.92. The number of carbonyl (C=O) groups is 2. The van der Waals surface area contributed by atoms with E-state index in [0.717, 1.165) is 18.7 Å². The summed E-state index contributed by atoms with van der Waals surface area (Å²) in [6, 6.07) is 7.61. The second-order valence-corrected chi connectivity index (χ2v) is 5.22. The van der Waals surface area contributed by atoms with Gasteiger partial charge in [-0.2, -0.15) is 0 Å². The Balaban J connectivity index is 2.06. The zero-order valence-electron chi connectivity index (χ0n) is 12.9. The number of nitrogens with one attached hydrogen (secondary N) is 2. The number of benzene rings is 1. The van der Waals surface area contributed by atoms with Gasteiger partial charge in [0.25, 0.3) is 0 Å². The average Bonchev–Trinajstić information content (AvgIpc) is 2.59. The van der Waals surface area contributed by atoms with Gasteiger partial charge >= 0.3 is 11.9 Å². The molecule has 1 fully saturated rings. The van der Waals surface area contributed by atoms with Crippen LogP contribution in [0.2, 0.25) is 0 Å². The number of esters is 2. The standard InChI is InChI=1S/C16H22N2O4/c1-21-14(19)8-7-13-15(18-10-9-17-13)11-3-5-12(6-4-11)16(20)22-2/h3-6,13,15,17-18H,7-10H2,1-2H3. The number of ether oxygens (including phenoxy) is 2. The molecule has 1 heterocycles. The Morgan fingerprint density at radius 3 is 2.41 bits per heavy atom. The van der Waals surface area contributed by atoms with Gasteiger partial charge in [0.15, 0.2) is 0 Å². The van der Waals surface area contributed by atoms with Crippen molar-refractivity contribution in [1.82, 2.24) is 10.6 Å². The highest BCUT2D eigenvalue weighted by molar-refractivity contribution is 5.89. The van der Waals surface area contributed by atoms with Crippen molar-refractivity contribution >= 4 is 11.9 Å². The van der Waals surface area contributed by atoms with Crippen LogP contribution in [0.25, 0.3) is 0 Å². The number of hydrogen-bond acceptors (Lipinski definition) is 6. The molecule has 120 valence electrons. The van der Waals surface area contributed by atoms with Crippen molar-refractivity contribution in [3.05, 3.63) is 35.4 Å². The van der Waals surface area contributed by atoms with Crippen molar-refractivity contribution in [1.29, 1.82) is 0 Å². The molecule has 2 unspecified atom stereocenters. The van der Waals surface area contributed by atoms with E-state index in [4.69, 9.17) is 9.47 Å². The van der Waals surface area contributed by atoms with Gasteiger partial charge in [0.2, 0.25) is 0 Å². The predicted molar refractivity (Wildman–Crippen MR) is 81.6 cm³/mol. The quantitative estimate of drug-likeness (QED) is 0.791. The van der Waals surface area contributed by atoms with Crippen LogP contribution in [0, 0.1) is 0 Å². The summed E-state index contributed by atoms with van der Waals surface area (Å²) in [5, 5.41) is 6.89. The van der Waals surface area contributed by atoms with Crippen molar-refractivity contribution in [2.45, 2.75) is 24.9 Å². The third-order valence-electron chi connectivity index (χ3n) is 3.88. The van der Waals surface area contributed by atoms with Crippen molar-refractivity contribution < 1.29 is 19.1 Å². The minimum Gasteiger partial charge on any atom is -0.469 e. The topological polar surface area (TPSA) is 76.7 Å². The Morgan fingerprint density at radius 2 is 1.77 bits per heavy atom. The highest BCUT2D eigenvalue weighted by Gasteiger charge is 2.26. The molecule has 1 aromatic rings. The van der Waals surface area contributed by atoms with Gasteiger partial charge in [-0.3, -0.25) is 4.79 Å². The van der Waals surface area contributed by atoms with E-state index < -0.39 is 0 Å². The second-order valence-electron chi connectivity index (χ2n) is 5.22. The molecule has 0 aromatic heterocycles. The van der Waals surface area contributed by atoms with Crippen LogP contribution < -0.4 is 10.6 Å². The van der Waals surface area contributed by atoms with Gasteiger partial charge < -0.3 is 20.1 Å². The van der Waals surface area contributed by atoms with E-state index in [1.54, 1.807) is 12.1 Å². The Morgan fingerprint density at radius 1 is 1.09 bits per heavy atom. The van der Waals surface area contributed by atoms with Crippen LogP contribution in [0.5, 0.6) is 0 Å². The monoisotopic (exact) mass is 306 g/mol. The van der Waals surface area contributed by atoms with Gasteiger partial charge in [-0.05, 0) is 24.1 Å². The van der Waals surface area contributed by atoms with Crippen LogP contribution in [0.3, 0.4) is 0 Å². The molecular formula is C16H22N2O4. The van der Waals surface area contributed by atoms with Crippen molar-refractivity contribution in [3.63, 3.8) is 0 Å². The van der Waals surface area contributed by atoms with Crippen molar-refractivity contribution in [2.24, 2.45) is 0 Å². The molecule has 0 aliphatic carbocycles. The largest absolute Gasteiger partial charge is 0.469 e. The molecule has 1 aliphatic heterocycles. The van der Waals surface area contributed by atoms with Gasteiger partial charge in [-0.1, -0.05) is 12.1 Å². The molecule has 2 N–H and O–H groups in total. The number of piperazine rings is 1. The fourth-order valence-electron chi connectivity index (χ4n) is 2.68. The van der Waals surface area contributed by atoms with Gasteiger partial charge in [-0.25, -0.2) is 4.79 Å². The van der Waals surface area contributed by atoms with Crippen molar-refractivity contribution in [3.8, 4) is 0 Å². The summed E-state index contributed by atoms with van der Waals surface area (Å²) >= 11 is 0. The van der Waals surface area contributed by atoms with Crippen molar-refractivity contribution in [2.75, 3.05) is 27.3 Å². The molecule has 22 heavy (non-hydrogen) atoms. The molecule has 1 aromatic carbocycles. The molecule has 6 nitrogen and oxygen atoms in total. The maximum atomic E-state index is 11.5. The maximum Gasteiger partial charge on any atom is 0.337 e. The van der Waals surface area contributed by atoms with E-state index >= 15 is 0 Å². The van der Waals surface area contributed by atoms with E-state index in [2.05, 4.69) is 10.6 Å². The lowest BCUT2D eigenvalue weighted by atomic mass is 9.93. The van der Waals surface area contributed by atoms with Crippen LogP contribution in [0.15, 0.2) is 24.3 Å². The van der Waals surface area contributed by atoms with E-state index in [-0.39, 0.29) is 24.0 Å². The van der Waals surface area contributed by atoms with Crippen LogP contribution >= 0.6 is 0 Å². The van der Waals surface area contributed by atoms with Crippen LogP contribution in [-0.2, 0) is 14.3 Å². The van der Waals surface area contributed by atoms with E-state index in [1.807, 2.05) is 12.1 Å². The predicted octanol–water partition coefficient (Wildman–Crippen LogP) is 1.03. The first-order valence-corrected chi connectivity index (χ1v) is 7.37. The zero-order chi connectivity index (χ0) is 15.9. The summed E-state index contributed by atoms with van der Waals surface area (Å²) in [6.07, 6.45) is 1.08. The summed E-state index contributed by atoms with van der Waals surface area (Å²) in [5.41, 5.74) is 1.61. The normalized spacial score (nSPS) is 21.2. The lowest BCUT2D eigenvalue weighted by Gasteiger charge is -2.34. The number of rotatable bonds is 5. The number of hydrogen-bond donors (Lipinski definition) is 2. The molecule has 2 atom stereocenters. The summed E-state index contributed by atoms with van der Waals surface area (Å²) in [7, 11) is 2.77. The first-order valence-electron chi connectivity index (χ1n) is 7.37. The highest BCUT2D eigenvalue weighted by atomic mass is 16.5. The first-order chi connectivity index (χ1) is 10.7. The fourth-order valence-corrected chi connectivity index (χ4v) is 2.68. The minimum atomic E-state index is -0.344. The smallest absolute Gasteiger partial charge is 0.337 e. The minimum absolute atomic E-state index is 0.102. The summed E-state index contributed by atoms with van der Waals surface area (Å²) in [6.45, 7) is 1.72. The highest BCUT2D eigenvalue weighted by Crippen LogP contribution is 2.23. The second kappa shape index (κ2) is 7.91. The number of carbonyl (C=O) groups excluding carboxylic acids is 2. The molecule has 0 saturated carbocycles. The van der Waals surface area contributed by atoms with Crippen LogP contribution in [0.4, 0.5) is 0 Å². The van der Waals surface area contributed by atoms with E-state index in [9.17, 15) is 9.59 Å². The van der Waals surface area contributed by atoms with E-state index in [0.29, 0.717) is 18.4 Å². The molecule has 0 radical (unpaired) electrons. The molecular weight excluding hydrogens is 284 g/mol. The Kier molecular flexibility index (Phi) is 5.91. The molecule has 1 aliphatic rings. The molecule has 1 saturated heterocycles. The van der Waals surface area contributed by atoms with E-state index in [1.165, 1.54) is 14.2 Å². The SMILES string of the molecule is COC(=O)CCC1NCCNC1c1ccc(C(=O)OC)cc1. The van der Waals surface area contributed by atoms with Crippen LogP contribution in [0.1, 0.15) is 34.8 Å². The summed E-state index contributed by atoms with van der Waals surface area (Å²) < 4.78 is 9.40. The molecule has 0 spiro atoms. The average molecular weight is 306 g/mol. The Bertz CT molecular complexity index is 515. The fraction of sp³-hybridized carbons (Fsp3) is 0.500. The molecule has 0 amide bonds. The van der Waals surface area contributed by atoms with Gasteiger partial charge in [0, 0.05) is 31.6 Å². The lowest BCUT2D eigenvalue weighted by Crippen LogP contribution is -2.50. The first kappa shape index (κ1) is 16.5. The van der Waals surface area contributed by atoms with Crippen LogP contribution in [-0.4, -0.2) is 45.3 Å². The zero-order valence-corrected chi connectivity index (χ0v) is 12.9. The Labute approximate surface area is 130 Å².